The van der Waals surface area contributed by atoms with Crippen molar-refractivity contribution in [2.45, 2.75) is 18.4 Å². The highest BCUT2D eigenvalue weighted by Crippen LogP contribution is 2.20. The lowest BCUT2D eigenvalue weighted by molar-refractivity contribution is -0.153. The topological polar surface area (TPSA) is 130 Å². The molecule has 0 aromatic rings. The lowest BCUT2D eigenvalue weighted by Crippen LogP contribution is -2.59. The number of carboxylic acid groups (broad SMARTS) is 2. The van der Waals surface area contributed by atoms with Crippen molar-refractivity contribution in [3.8, 4) is 0 Å². The Kier molecular flexibility index (Phi) is 4.62. The van der Waals surface area contributed by atoms with Crippen molar-refractivity contribution in [1.82, 2.24) is 4.90 Å². The highest BCUT2D eigenvalue weighted by Gasteiger charge is 2.40. The molecule has 1 aliphatic heterocycles. The van der Waals surface area contributed by atoms with Gasteiger partial charge in [-0.2, -0.15) is 0 Å². The van der Waals surface area contributed by atoms with Gasteiger partial charge in [0.15, 0.2) is 0 Å². The van der Waals surface area contributed by atoms with Gasteiger partial charge < -0.3 is 25.6 Å². The number of hydrogen-bond donors (Lipinski definition) is 3. The third-order valence-corrected chi connectivity index (χ3v) is 2.75. The first-order chi connectivity index (χ1) is 8.35. The van der Waals surface area contributed by atoms with Crippen molar-refractivity contribution in [3.05, 3.63) is 0 Å². The van der Waals surface area contributed by atoms with Gasteiger partial charge in [-0.15, -0.1) is 0 Å². The molecule has 8 heteroatoms. The SMILES string of the molecule is NC1(C(=O)N(CC(=O)O)CC(=O)O)CCOCC1. The molecule has 0 saturated carbocycles. The highest BCUT2D eigenvalue weighted by atomic mass is 16.5. The molecule has 0 aromatic carbocycles. The summed E-state index contributed by atoms with van der Waals surface area (Å²) in [5.41, 5.74) is 4.66. The number of carboxylic acids is 2. The van der Waals surface area contributed by atoms with Gasteiger partial charge in [0.1, 0.15) is 13.1 Å². The Balaban J connectivity index is 2.79. The molecule has 1 saturated heterocycles. The van der Waals surface area contributed by atoms with Crippen molar-refractivity contribution < 1.29 is 29.3 Å². The van der Waals surface area contributed by atoms with E-state index < -0.39 is 36.5 Å². The number of amides is 1. The van der Waals surface area contributed by atoms with Crippen LogP contribution in [0.2, 0.25) is 0 Å². The zero-order chi connectivity index (χ0) is 13.8. The van der Waals surface area contributed by atoms with Gasteiger partial charge in [-0.1, -0.05) is 0 Å². The van der Waals surface area contributed by atoms with Crippen LogP contribution >= 0.6 is 0 Å². The van der Waals surface area contributed by atoms with Crippen LogP contribution in [0, 0.1) is 0 Å². The van der Waals surface area contributed by atoms with E-state index in [1.165, 1.54) is 0 Å². The number of hydrogen-bond acceptors (Lipinski definition) is 5. The third kappa shape index (κ3) is 3.67. The molecule has 0 aromatic heterocycles. The van der Waals surface area contributed by atoms with E-state index in [0.29, 0.717) is 13.2 Å². The summed E-state index contributed by atoms with van der Waals surface area (Å²) in [5.74, 6) is -3.21. The smallest absolute Gasteiger partial charge is 0.323 e. The number of carbonyl (C=O) groups excluding carboxylic acids is 1. The predicted octanol–water partition coefficient (Wildman–Crippen LogP) is -1.51. The molecule has 0 atom stereocenters. The second kappa shape index (κ2) is 5.78. The van der Waals surface area contributed by atoms with Gasteiger partial charge >= 0.3 is 11.9 Å². The van der Waals surface area contributed by atoms with Crippen LogP contribution in [0.3, 0.4) is 0 Å². The van der Waals surface area contributed by atoms with E-state index in [2.05, 4.69) is 0 Å². The predicted molar refractivity (Wildman–Crippen MR) is 58.8 cm³/mol. The Morgan fingerprint density at radius 3 is 1.94 bits per heavy atom. The fourth-order valence-corrected chi connectivity index (χ4v) is 1.79. The number of rotatable bonds is 5. The number of nitrogens with zero attached hydrogens (tertiary/aromatic N) is 1. The molecular weight excluding hydrogens is 244 g/mol. The lowest BCUT2D eigenvalue weighted by atomic mass is 9.89. The zero-order valence-electron chi connectivity index (χ0n) is 9.79. The largest absolute Gasteiger partial charge is 0.480 e. The van der Waals surface area contributed by atoms with Gasteiger partial charge in [-0.3, -0.25) is 14.4 Å². The first-order valence-corrected chi connectivity index (χ1v) is 5.45. The summed E-state index contributed by atoms with van der Waals surface area (Å²) < 4.78 is 5.07. The zero-order valence-corrected chi connectivity index (χ0v) is 9.79. The summed E-state index contributed by atoms with van der Waals surface area (Å²) in [4.78, 5) is 34.1. The van der Waals surface area contributed by atoms with E-state index in [4.69, 9.17) is 20.7 Å². The van der Waals surface area contributed by atoms with Crippen molar-refractivity contribution >= 4 is 17.8 Å². The standard InChI is InChI=1S/C10H16N2O6/c11-10(1-3-18-4-2-10)9(17)12(5-7(13)14)6-8(15)16/h1-6,11H2,(H,13,14)(H,15,16). The summed E-state index contributed by atoms with van der Waals surface area (Å²) in [5, 5.41) is 17.4. The molecule has 1 aliphatic rings. The fraction of sp³-hybridized carbons (Fsp3) is 0.700. The molecular formula is C10H16N2O6. The minimum absolute atomic E-state index is 0.252. The van der Waals surface area contributed by atoms with Gasteiger partial charge in [-0.25, -0.2) is 0 Å². The molecule has 18 heavy (non-hydrogen) atoms. The molecule has 1 rings (SSSR count). The van der Waals surface area contributed by atoms with Crippen molar-refractivity contribution in [2.24, 2.45) is 5.73 Å². The molecule has 0 unspecified atom stereocenters. The molecule has 102 valence electrons. The van der Waals surface area contributed by atoms with E-state index in [1.807, 2.05) is 0 Å². The van der Waals surface area contributed by atoms with Crippen LogP contribution in [0.25, 0.3) is 0 Å². The number of carbonyl (C=O) groups is 3. The Labute approximate surface area is 103 Å². The number of ether oxygens (including phenoxy) is 1. The van der Waals surface area contributed by atoms with Crippen LogP contribution in [-0.2, 0) is 19.1 Å². The third-order valence-electron chi connectivity index (χ3n) is 2.75. The minimum atomic E-state index is -1.28. The maximum Gasteiger partial charge on any atom is 0.323 e. The molecule has 8 nitrogen and oxygen atoms in total. The van der Waals surface area contributed by atoms with Crippen molar-refractivity contribution in [3.63, 3.8) is 0 Å². The van der Waals surface area contributed by atoms with E-state index >= 15 is 0 Å². The summed E-state index contributed by atoms with van der Waals surface area (Å²) in [6.07, 6.45) is 0.503. The van der Waals surface area contributed by atoms with E-state index in [-0.39, 0.29) is 12.8 Å². The second-order valence-electron chi connectivity index (χ2n) is 4.22. The maximum absolute atomic E-state index is 12.1. The van der Waals surface area contributed by atoms with E-state index in [9.17, 15) is 14.4 Å². The van der Waals surface area contributed by atoms with Crippen LogP contribution in [0.1, 0.15) is 12.8 Å². The summed E-state index contributed by atoms with van der Waals surface area (Å²) in [6, 6.07) is 0. The van der Waals surface area contributed by atoms with Crippen LogP contribution in [0.5, 0.6) is 0 Å². The van der Waals surface area contributed by atoms with Crippen LogP contribution in [0.15, 0.2) is 0 Å². The number of aliphatic carboxylic acids is 2. The molecule has 4 N–H and O–H groups in total. The summed E-state index contributed by atoms with van der Waals surface area (Å²) in [6.45, 7) is -0.748. The average molecular weight is 260 g/mol. The van der Waals surface area contributed by atoms with Gasteiger partial charge in [-0.05, 0) is 12.8 Å². The average Bonchev–Trinajstić information content (AvgIpc) is 2.27. The Hall–Kier alpha value is -1.67. The summed E-state index contributed by atoms with van der Waals surface area (Å²) in [7, 11) is 0. The van der Waals surface area contributed by atoms with Crippen LogP contribution < -0.4 is 5.73 Å². The Morgan fingerprint density at radius 1 is 1.11 bits per heavy atom. The Bertz CT molecular complexity index is 334. The van der Waals surface area contributed by atoms with Gasteiger partial charge in [0.05, 0.1) is 5.54 Å². The lowest BCUT2D eigenvalue weighted by Gasteiger charge is -2.35. The molecule has 1 fully saturated rings. The normalized spacial score (nSPS) is 18.1. The van der Waals surface area contributed by atoms with Gasteiger partial charge in [0, 0.05) is 13.2 Å². The maximum atomic E-state index is 12.1. The molecule has 0 spiro atoms. The fourth-order valence-electron chi connectivity index (χ4n) is 1.79. The molecule has 0 radical (unpaired) electrons. The van der Waals surface area contributed by atoms with Crippen molar-refractivity contribution in [1.29, 1.82) is 0 Å². The van der Waals surface area contributed by atoms with Crippen LogP contribution in [-0.4, -0.2) is 64.8 Å². The monoisotopic (exact) mass is 260 g/mol. The second-order valence-corrected chi connectivity index (χ2v) is 4.22. The highest BCUT2D eigenvalue weighted by molar-refractivity contribution is 5.91. The summed E-state index contributed by atoms with van der Waals surface area (Å²) >= 11 is 0. The van der Waals surface area contributed by atoms with Crippen LogP contribution in [0.4, 0.5) is 0 Å². The molecule has 0 bridgehead atoms. The van der Waals surface area contributed by atoms with Crippen molar-refractivity contribution in [2.75, 3.05) is 26.3 Å². The van der Waals surface area contributed by atoms with E-state index in [1.54, 1.807) is 0 Å². The van der Waals surface area contributed by atoms with Gasteiger partial charge in [0.2, 0.25) is 5.91 Å². The first kappa shape index (κ1) is 14.4. The molecule has 0 aliphatic carbocycles. The van der Waals surface area contributed by atoms with Gasteiger partial charge in [0.25, 0.3) is 0 Å². The Morgan fingerprint density at radius 2 is 1.56 bits per heavy atom. The first-order valence-electron chi connectivity index (χ1n) is 5.45. The molecule has 1 amide bonds. The quantitative estimate of drug-likeness (QED) is 0.547. The molecule has 1 heterocycles. The minimum Gasteiger partial charge on any atom is -0.480 e. The number of nitrogens with two attached hydrogens (primary N) is 1. The van der Waals surface area contributed by atoms with E-state index in [0.717, 1.165) is 4.90 Å².